The van der Waals surface area contributed by atoms with E-state index in [9.17, 15) is 4.79 Å². The summed E-state index contributed by atoms with van der Waals surface area (Å²) in [5.41, 5.74) is 0.398. The number of nitrogens with one attached hydrogen (secondary N) is 1. The Morgan fingerprint density at radius 2 is 1.95 bits per heavy atom. The van der Waals surface area contributed by atoms with Gasteiger partial charge in [0.05, 0.1) is 6.61 Å². The van der Waals surface area contributed by atoms with E-state index in [4.69, 9.17) is 4.74 Å². The molecule has 1 unspecified atom stereocenters. The van der Waals surface area contributed by atoms with E-state index in [1.807, 2.05) is 14.0 Å². The maximum Gasteiger partial charge on any atom is 0.324 e. The number of ether oxygens (including phenoxy) is 1. The highest BCUT2D eigenvalue weighted by molar-refractivity contribution is 5.76. The van der Waals surface area contributed by atoms with E-state index >= 15 is 0 Å². The van der Waals surface area contributed by atoms with Crippen molar-refractivity contribution in [2.75, 3.05) is 33.3 Å². The van der Waals surface area contributed by atoms with Crippen LogP contribution in [0.25, 0.3) is 0 Å². The molecular formula is C15H30N2O2. The van der Waals surface area contributed by atoms with E-state index < -0.39 is 0 Å². The normalized spacial score (nSPS) is 20.3. The summed E-state index contributed by atoms with van der Waals surface area (Å²) in [4.78, 5) is 14.1. The smallest absolute Gasteiger partial charge is 0.324 e. The second-order valence-corrected chi connectivity index (χ2v) is 6.53. The number of likely N-dealkylation sites (tertiary alicyclic amines) is 1. The summed E-state index contributed by atoms with van der Waals surface area (Å²) in [6.45, 7) is 12.2. The zero-order chi connectivity index (χ0) is 14.5. The molecule has 0 aromatic heterocycles. The monoisotopic (exact) mass is 270 g/mol. The minimum absolute atomic E-state index is 0.136. The van der Waals surface area contributed by atoms with Gasteiger partial charge in [-0.2, -0.15) is 0 Å². The molecule has 0 aromatic carbocycles. The first-order valence-corrected chi connectivity index (χ1v) is 7.44. The van der Waals surface area contributed by atoms with Crippen molar-refractivity contribution in [2.24, 2.45) is 11.3 Å². The molecule has 1 aliphatic rings. The van der Waals surface area contributed by atoms with Crippen LogP contribution in [0.15, 0.2) is 0 Å². The van der Waals surface area contributed by atoms with Crippen LogP contribution in [0.1, 0.15) is 40.5 Å². The molecule has 0 spiro atoms. The molecule has 19 heavy (non-hydrogen) atoms. The van der Waals surface area contributed by atoms with Crippen molar-refractivity contribution in [2.45, 2.75) is 46.6 Å². The number of carbonyl (C=O) groups is 1. The van der Waals surface area contributed by atoms with Crippen molar-refractivity contribution < 1.29 is 9.53 Å². The molecule has 1 heterocycles. The van der Waals surface area contributed by atoms with Gasteiger partial charge in [0, 0.05) is 6.54 Å². The molecule has 1 fully saturated rings. The van der Waals surface area contributed by atoms with E-state index in [-0.39, 0.29) is 12.0 Å². The number of hydrogen-bond donors (Lipinski definition) is 1. The first-order valence-electron chi connectivity index (χ1n) is 7.44. The summed E-state index contributed by atoms with van der Waals surface area (Å²) in [6, 6.07) is -0.203. The minimum Gasteiger partial charge on any atom is -0.465 e. The van der Waals surface area contributed by atoms with Crippen LogP contribution >= 0.6 is 0 Å². The minimum atomic E-state index is -0.203. The highest BCUT2D eigenvalue weighted by Crippen LogP contribution is 2.34. The highest BCUT2D eigenvalue weighted by atomic mass is 16.5. The summed E-state index contributed by atoms with van der Waals surface area (Å²) >= 11 is 0. The molecule has 1 N–H and O–H groups in total. The lowest BCUT2D eigenvalue weighted by Gasteiger charge is -2.39. The summed E-state index contributed by atoms with van der Waals surface area (Å²) in [7, 11) is 1.82. The highest BCUT2D eigenvalue weighted by Gasteiger charge is 2.30. The quantitative estimate of drug-likeness (QED) is 0.775. The maximum atomic E-state index is 11.8. The Labute approximate surface area is 117 Å². The molecule has 112 valence electrons. The molecule has 0 aromatic rings. The van der Waals surface area contributed by atoms with E-state index in [2.05, 4.69) is 31.0 Å². The fourth-order valence-corrected chi connectivity index (χ4v) is 2.77. The first-order chi connectivity index (χ1) is 8.88. The van der Waals surface area contributed by atoms with E-state index in [0.717, 1.165) is 25.6 Å². The number of esters is 1. The van der Waals surface area contributed by atoms with Crippen LogP contribution in [0.5, 0.6) is 0 Å². The van der Waals surface area contributed by atoms with Gasteiger partial charge in [0.15, 0.2) is 0 Å². The number of piperidine rings is 1. The number of nitrogens with zero attached hydrogens (tertiary/aromatic N) is 1. The van der Waals surface area contributed by atoms with E-state index in [1.54, 1.807) is 0 Å². The standard InChI is InChI=1S/C15H30N2O2/c1-6-19-14(18)13(16-5)11-17-9-7-12(8-10-17)15(2,3)4/h12-13,16H,6-11H2,1-5H3. The summed E-state index contributed by atoms with van der Waals surface area (Å²) < 4.78 is 5.08. The van der Waals surface area contributed by atoms with Crippen molar-refractivity contribution in [3.8, 4) is 0 Å². The van der Waals surface area contributed by atoms with Gasteiger partial charge in [-0.25, -0.2) is 0 Å². The molecule has 0 bridgehead atoms. The van der Waals surface area contributed by atoms with Gasteiger partial charge in [0.1, 0.15) is 6.04 Å². The molecule has 1 rings (SSSR count). The Bertz CT molecular complexity index is 278. The fraction of sp³-hybridized carbons (Fsp3) is 0.933. The predicted molar refractivity (Wildman–Crippen MR) is 78.1 cm³/mol. The lowest BCUT2D eigenvalue weighted by Crippen LogP contribution is -2.48. The van der Waals surface area contributed by atoms with Gasteiger partial charge < -0.3 is 15.0 Å². The van der Waals surface area contributed by atoms with Crippen molar-refractivity contribution in [1.82, 2.24) is 10.2 Å². The Balaban J connectivity index is 2.41. The average molecular weight is 270 g/mol. The van der Waals surface area contributed by atoms with Crippen molar-refractivity contribution in [1.29, 1.82) is 0 Å². The van der Waals surface area contributed by atoms with Gasteiger partial charge in [-0.1, -0.05) is 20.8 Å². The molecule has 4 heteroatoms. The van der Waals surface area contributed by atoms with Gasteiger partial charge in [-0.15, -0.1) is 0 Å². The van der Waals surface area contributed by atoms with Crippen LogP contribution < -0.4 is 5.32 Å². The second kappa shape index (κ2) is 7.25. The van der Waals surface area contributed by atoms with Crippen molar-refractivity contribution >= 4 is 5.97 Å². The third-order valence-electron chi connectivity index (χ3n) is 4.17. The summed E-state index contributed by atoms with van der Waals surface area (Å²) in [5.74, 6) is 0.655. The van der Waals surface area contributed by atoms with Gasteiger partial charge >= 0.3 is 5.97 Å². The van der Waals surface area contributed by atoms with Crippen LogP contribution in [0, 0.1) is 11.3 Å². The molecule has 1 saturated heterocycles. The molecule has 0 aliphatic carbocycles. The Kier molecular flexibility index (Phi) is 6.27. The lowest BCUT2D eigenvalue weighted by atomic mass is 9.75. The zero-order valence-corrected chi connectivity index (χ0v) is 13.2. The van der Waals surface area contributed by atoms with E-state index in [0.29, 0.717) is 12.0 Å². The number of carbonyl (C=O) groups excluding carboxylic acids is 1. The van der Waals surface area contributed by atoms with Crippen LogP contribution in [0.2, 0.25) is 0 Å². The Hall–Kier alpha value is -0.610. The van der Waals surface area contributed by atoms with Gasteiger partial charge in [-0.3, -0.25) is 4.79 Å². The van der Waals surface area contributed by atoms with Crippen LogP contribution in [0.3, 0.4) is 0 Å². The lowest BCUT2D eigenvalue weighted by molar-refractivity contribution is -0.146. The first kappa shape index (κ1) is 16.4. The number of rotatable bonds is 5. The topological polar surface area (TPSA) is 41.6 Å². The molecule has 4 nitrogen and oxygen atoms in total. The van der Waals surface area contributed by atoms with Crippen LogP contribution in [0.4, 0.5) is 0 Å². The summed E-state index contributed by atoms with van der Waals surface area (Å²) in [5, 5.41) is 3.06. The second-order valence-electron chi connectivity index (χ2n) is 6.53. The maximum absolute atomic E-state index is 11.8. The Morgan fingerprint density at radius 1 is 1.37 bits per heavy atom. The molecule has 0 saturated carbocycles. The zero-order valence-electron chi connectivity index (χ0n) is 13.2. The molecular weight excluding hydrogens is 240 g/mol. The molecule has 1 atom stereocenters. The van der Waals surface area contributed by atoms with Gasteiger partial charge in [-0.05, 0) is 51.2 Å². The third-order valence-corrected chi connectivity index (χ3v) is 4.17. The van der Waals surface area contributed by atoms with Crippen molar-refractivity contribution in [3.05, 3.63) is 0 Å². The van der Waals surface area contributed by atoms with E-state index in [1.165, 1.54) is 12.8 Å². The molecule has 1 aliphatic heterocycles. The summed E-state index contributed by atoms with van der Waals surface area (Å²) in [6.07, 6.45) is 2.45. The fourth-order valence-electron chi connectivity index (χ4n) is 2.77. The predicted octanol–water partition coefficient (Wildman–Crippen LogP) is 1.90. The molecule has 0 amide bonds. The largest absolute Gasteiger partial charge is 0.465 e. The third kappa shape index (κ3) is 5.11. The van der Waals surface area contributed by atoms with Gasteiger partial charge in [0.25, 0.3) is 0 Å². The number of hydrogen-bond acceptors (Lipinski definition) is 4. The van der Waals surface area contributed by atoms with Crippen LogP contribution in [-0.4, -0.2) is 50.2 Å². The van der Waals surface area contributed by atoms with Crippen molar-refractivity contribution in [3.63, 3.8) is 0 Å². The number of likely N-dealkylation sites (N-methyl/N-ethyl adjacent to an activating group) is 1. The van der Waals surface area contributed by atoms with Gasteiger partial charge in [0.2, 0.25) is 0 Å². The van der Waals surface area contributed by atoms with Crippen LogP contribution in [-0.2, 0) is 9.53 Å². The SMILES string of the molecule is CCOC(=O)C(CN1CCC(C(C)(C)C)CC1)NC. The molecule has 0 radical (unpaired) electrons. The average Bonchev–Trinajstić information content (AvgIpc) is 2.35. The Morgan fingerprint density at radius 3 is 2.37 bits per heavy atom.